The first-order valence-corrected chi connectivity index (χ1v) is 8.42. The average molecular weight is 303 g/mol. The highest BCUT2D eigenvalue weighted by Crippen LogP contribution is 2.37. The van der Waals surface area contributed by atoms with Gasteiger partial charge in [0.1, 0.15) is 10.8 Å². The highest BCUT2D eigenvalue weighted by Gasteiger charge is 2.15. The maximum Gasteiger partial charge on any atom is 0.147 e. The Labute approximate surface area is 131 Å². The predicted octanol–water partition coefficient (Wildman–Crippen LogP) is 5.02. The fraction of sp³-hybridized carbons (Fsp3) is 0.471. The van der Waals surface area contributed by atoms with Gasteiger partial charge >= 0.3 is 0 Å². The van der Waals surface area contributed by atoms with Crippen molar-refractivity contribution in [2.45, 2.75) is 46.1 Å². The summed E-state index contributed by atoms with van der Waals surface area (Å²) in [6.07, 6.45) is 3.70. The smallest absolute Gasteiger partial charge is 0.147 e. The second-order valence-electron chi connectivity index (χ2n) is 6.01. The Morgan fingerprint density at radius 3 is 2.52 bits per heavy atom. The van der Waals surface area contributed by atoms with Crippen molar-refractivity contribution in [1.82, 2.24) is 4.37 Å². The molecule has 1 unspecified atom stereocenters. The Hall–Kier alpha value is -1.55. The van der Waals surface area contributed by atoms with Crippen LogP contribution in [0.25, 0.3) is 11.1 Å². The summed E-state index contributed by atoms with van der Waals surface area (Å²) >= 11 is 1.45. The number of aromatic nitrogens is 1. The topological polar surface area (TPSA) is 50.9 Å². The van der Waals surface area contributed by atoms with Gasteiger partial charge in [0.05, 0.1) is 5.56 Å². The van der Waals surface area contributed by atoms with Gasteiger partial charge < -0.3 is 11.1 Å². The van der Waals surface area contributed by atoms with Crippen LogP contribution in [0.5, 0.6) is 0 Å². The number of nitrogens with zero attached hydrogens (tertiary/aromatic N) is 1. The summed E-state index contributed by atoms with van der Waals surface area (Å²) in [5.74, 6) is 1.39. The van der Waals surface area contributed by atoms with Gasteiger partial charge in [-0.25, -0.2) is 0 Å². The summed E-state index contributed by atoms with van der Waals surface area (Å²) in [6.45, 7) is 6.77. The van der Waals surface area contributed by atoms with Crippen molar-refractivity contribution in [3.05, 3.63) is 30.3 Å². The van der Waals surface area contributed by atoms with E-state index in [2.05, 4.69) is 42.6 Å². The van der Waals surface area contributed by atoms with E-state index in [0.29, 0.717) is 11.9 Å². The number of hydrogen-bond acceptors (Lipinski definition) is 4. The monoisotopic (exact) mass is 303 g/mol. The SMILES string of the molecule is CC(C)CCCC(C)Nc1snc(N)c1-c1ccccc1. The summed E-state index contributed by atoms with van der Waals surface area (Å²) in [4.78, 5) is 0. The molecule has 0 saturated heterocycles. The summed E-state index contributed by atoms with van der Waals surface area (Å²) in [5, 5.41) is 4.66. The lowest BCUT2D eigenvalue weighted by molar-refractivity contribution is 0.520. The van der Waals surface area contributed by atoms with Crippen molar-refractivity contribution < 1.29 is 0 Å². The molecule has 114 valence electrons. The van der Waals surface area contributed by atoms with E-state index in [1.165, 1.54) is 30.8 Å². The lowest BCUT2D eigenvalue weighted by atomic mass is 10.0. The van der Waals surface area contributed by atoms with E-state index < -0.39 is 0 Å². The molecule has 1 aromatic carbocycles. The molecule has 0 saturated carbocycles. The lowest BCUT2D eigenvalue weighted by Crippen LogP contribution is -2.14. The quantitative estimate of drug-likeness (QED) is 0.755. The number of benzene rings is 1. The van der Waals surface area contributed by atoms with Gasteiger partial charge in [0.15, 0.2) is 0 Å². The zero-order chi connectivity index (χ0) is 15.2. The molecular formula is C17H25N3S. The molecule has 4 heteroatoms. The zero-order valence-corrected chi connectivity index (χ0v) is 13.9. The van der Waals surface area contributed by atoms with E-state index in [0.717, 1.165) is 22.0 Å². The fourth-order valence-electron chi connectivity index (χ4n) is 2.41. The van der Waals surface area contributed by atoms with Crippen LogP contribution in [0.3, 0.4) is 0 Å². The number of nitrogens with one attached hydrogen (secondary N) is 1. The number of hydrogen-bond donors (Lipinski definition) is 2. The summed E-state index contributed by atoms with van der Waals surface area (Å²) in [5.41, 5.74) is 8.21. The molecule has 3 N–H and O–H groups in total. The molecule has 1 aromatic heterocycles. The Morgan fingerprint density at radius 1 is 1.14 bits per heavy atom. The molecule has 0 bridgehead atoms. The van der Waals surface area contributed by atoms with Crippen molar-refractivity contribution in [2.24, 2.45) is 5.92 Å². The number of anilines is 2. The summed E-state index contributed by atoms with van der Waals surface area (Å²) < 4.78 is 4.31. The van der Waals surface area contributed by atoms with Gasteiger partial charge in [0, 0.05) is 6.04 Å². The van der Waals surface area contributed by atoms with Gasteiger partial charge in [-0.2, -0.15) is 4.37 Å². The van der Waals surface area contributed by atoms with E-state index >= 15 is 0 Å². The van der Waals surface area contributed by atoms with Crippen LogP contribution in [0, 0.1) is 5.92 Å². The first kappa shape index (κ1) is 15.8. The maximum atomic E-state index is 6.05. The molecule has 1 atom stereocenters. The van der Waals surface area contributed by atoms with Gasteiger partial charge in [0.25, 0.3) is 0 Å². The number of rotatable bonds is 7. The van der Waals surface area contributed by atoms with Crippen LogP contribution in [-0.2, 0) is 0 Å². The van der Waals surface area contributed by atoms with Crippen LogP contribution >= 0.6 is 11.5 Å². The number of nitrogens with two attached hydrogens (primary N) is 1. The minimum atomic E-state index is 0.436. The Morgan fingerprint density at radius 2 is 1.86 bits per heavy atom. The molecule has 0 radical (unpaired) electrons. The van der Waals surface area contributed by atoms with Gasteiger partial charge in [-0.05, 0) is 36.4 Å². The third-order valence-electron chi connectivity index (χ3n) is 3.58. The van der Waals surface area contributed by atoms with Gasteiger partial charge in [-0.1, -0.05) is 57.0 Å². The molecule has 2 aromatic rings. The van der Waals surface area contributed by atoms with Crippen LogP contribution in [-0.4, -0.2) is 10.4 Å². The van der Waals surface area contributed by atoms with Gasteiger partial charge in [-0.15, -0.1) is 0 Å². The van der Waals surface area contributed by atoms with Gasteiger partial charge in [-0.3, -0.25) is 0 Å². The van der Waals surface area contributed by atoms with Crippen molar-refractivity contribution in [3.8, 4) is 11.1 Å². The highest BCUT2D eigenvalue weighted by atomic mass is 32.1. The van der Waals surface area contributed by atoms with Crippen LogP contribution in [0.4, 0.5) is 10.8 Å². The van der Waals surface area contributed by atoms with E-state index in [9.17, 15) is 0 Å². The fourth-order valence-corrected chi connectivity index (χ4v) is 3.26. The first-order chi connectivity index (χ1) is 10.1. The van der Waals surface area contributed by atoms with E-state index in [-0.39, 0.29) is 0 Å². The Balaban J connectivity index is 2.04. The standard InChI is InChI=1S/C17H25N3S/c1-12(2)8-7-9-13(3)19-17-15(16(18)20-21-17)14-10-5-4-6-11-14/h4-6,10-13,19H,7-9H2,1-3H3,(H2,18,20). The largest absolute Gasteiger partial charge is 0.382 e. The van der Waals surface area contributed by atoms with Crippen molar-refractivity contribution >= 4 is 22.4 Å². The minimum Gasteiger partial charge on any atom is -0.382 e. The van der Waals surface area contributed by atoms with Crippen LogP contribution in [0.15, 0.2) is 30.3 Å². The molecular weight excluding hydrogens is 278 g/mol. The van der Waals surface area contributed by atoms with Crippen LogP contribution in [0.2, 0.25) is 0 Å². The average Bonchev–Trinajstić information content (AvgIpc) is 2.80. The third-order valence-corrected chi connectivity index (χ3v) is 4.37. The van der Waals surface area contributed by atoms with Crippen molar-refractivity contribution in [2.75, 3.05) is 11.1 Å². The van der Waals surface area contributed by atoms with E-state index in [1.807, 2.05) is 18.2 Å². The molecule has 1 heterocycles. The molecule has 0 amide bonds. The molecule has 21 heavy (non-hydrogen) atoms. The Bertz CT molecular complexity index is 548. The summed E-state index contributed by atoms with van der Waals surface area (Å²) in [7, 11) is 0. The first-order valence-electron chi connectivity index (χ1n) is 7.65. The maximum absolute atomic E-state index is 6.05. The van der Waals surface area contributed by atoms with Crippen LogP contribution < -0.4 is 11.1 Å². The predicted molar refractivity (Wildman–Crippen MR) is 93.7 cm³/mol. The lowest BCUT2D eigenvalue weighted by Gasteiger charge is -2.15. The molecule has 0 aliphatic heterocycles. The molecule has 3 nitrogen and oxygen atoms in total. The summed E-state index contributed by atoms with van der Waals surface area (Å²) in [6, 6.07) is 10.7. The zero-order valence-electron chi connectivity index (χ0n) is 13.1. The normalized spacial score (nSPS) is 12.6. The number of nitrogen functional groups attached to an aromatic ring is 1. The van der Waals surface area contributed by atoms with Crippen molar-refractivity contribution in [3.63, 3.8) is 0 Å². The van der Waals surface area contributed by atoms with E-state index in [4.69, 9.17) is 5.73 Å². The highest BCUT2D eigenvalue weighted by molar-refractivity contribution is 7.11. The minimum absolute atomic E-state index is 0.436. The second-order valence-corrected chi connectivity index (χ2v) is 6.78. The molecule has 2 rings (SSSR count). The second kappa shape index (κ2) is 7.46. The molecule has 0 aliphatic rings. The van der Waals surface area contributed by atoms with Crippen molar-refractivity contribution in [1.29, 1.82) is 0 Å². The van der Waals surface area contributed by atoms with Crippen LogP contribution in [0.1, 0.15) is 40.0 Å². The Kier molecular flexibility index (Phi) is 5.62. The van der Waals surface area contributed by atoms with E-state index in [1.54, 1.807) is 0 Å². The molecule has 0 aliphatic carbocycles. The van der Waals surface area contributed by atoms with Gasteiger partial charge in [0.2, 0.25) is 0 Å². The third kappa shape index (κ3) is 4.46. The molecule has 0 fully saturated rings. The molecule has 0 spiro atoms.